The molecule has 24 heavy (non-hydrogen) atoms. The maximum atomic E-state index is 10.4. The first-order valence-electron chi connectivity index (χ1n) is 8.25. The Balaban J connectivity index is 0. The van der Waals surface area contributed by atoms with E-state index in [0.29, 0.717) is 38.2 Å². The molecule has 1 aliphatic rings. The molecule has 0 fully saturated rings. The second-order valence-electron chi connectivity index (χ2n) is 6.21. The Kier molecular flexibility index (Phi) is 17.2. The zero-order valence-corrected chi connectivity index (χ0v) is 15.7. The van der Waals surface area contributed by atoms with E-state index < -0.39 is 0 Å². The number of hydrogen-bond donors (Lipinski definition) is 2. The van der Waals surface area contributed by atoms with Gasteiger partial charge in [0.15, 0.2) is 0 Å². The molecule has 0 radical (unpaired) electrons. The summed E-state index contributed by atoms with van der Waals surface area (Å²) < 4.78 is 0. The second kappa shape index (κ2) is 16.6. The van der Waals surface area contributed by atoms with Crippen LogP contribution in [0, 0.1) is 11.8 Å². The number of aliphatic hydroxyl groups excluding tert-OH is 1. The summed E-state index contributed by atoms with van der Waals surface area (Å²) in [6.07, 6.45) is 4.66. The molecule has 0 saturated carbocycles. The number of hydrogen-bond acceptors (Lipinski definition) is 6. The van der Waals surface area contributed by atoms with Gasteiger partial charge in [-0.25, -0.2) is 0 Å². The van der Waals surface area contributed by atoms with E-state index in [1.165, 1.54) is 5.23 Å². The summed E-state index contributed by atoms with van der Waals surface area (Å²) in [5.41, 5.74) is 4.96. The van der Waals surface area contributed by atoms with Crippen LogP contribution < -0.4 is 5.73 Å². The molecule has 0 bridgehead atoms. The molecule has 1 heterocycles. The molecule has 0 unspecified atom stereocenters. The third-order valence-electron chi connectivity index (χ3n) is 2.40. The van der Waals surface area contributed by atoms with Crippen LogP contribution in [0.3, 0.4) is 0 Å². The van der Waals surface area contributed by atoms with Crippen molar-refractivity contribution in [1.29, 1.82) is 0 Å². The van der Waals surface area contributed by atoms with E-state index in [1.54, 1.807) is 6.92 Å². The van der Waals surface area contributed by atoms with Crippen molar-refractivity contribution in [2.45, 2.75) is 47.5 Å². The van der Waals surface area contributed by atoms with Gasteiger partial charge in [-0.05, 0) is 18.8 Å². The first-order chi connectivity index (χ1) is 11.2. The Morgan fingerprint density at radius 3 is 1.83 bits per heavy atom. The summed E-state index contributed by atoms with van der Waals surface area (Å²) >= 11 is 0. The van der Waals surface area contributed by atoms with Gasteiger partial charge in [-0.15, -0.1) is 0 Å². The molecule has 0 spiro atoms. The van der Waals surface area contributed by atoms with Gasteiger partial charge in [0.2, 0.25) is 5.91 Å². The topological polar surface area (TPSA) is 102 Å². The van der Waals surface area contributed by atoms with E-state index in [9.17, 15) is 9.59 Å². The SMILES string of the molecule is CC(=O)CC(C)C.CC(C)CO.NC(=O)CCN1OCC=CCO1. The molecule has 3 N–H and O–H groups in total. The van der Waals surface area contributed by atoms with E-state index in [2.05, 4.69) is 0 Å². The molecule has 1 aliphatic heterocycles. The van der Waals surface area contributed by atoms with Crippen molar-refractivity contribution in [2.75, 3.05) is 26.4 Å². The molecule has 0 aromatic carbocycles. The van der Waals surface area contributed by atoms with E-state index in [4.69, 9.17) is 20.5 Å². The van der Waals surface area contributed by atoms with Crippen molar-refractivity contribution < 1.29 is 24.4 Å². The van der Waals surface area contributed by atoms with Crippen molar-refractivity contribution >= 4 is 11.7 Å². The first-order valence-corrected chi connectivity index (χ1v) is 8.25. The van der Waals surface area contributed by atoms with E-state index in [1.807, 2.05) is 39.8 Å². The van der Waals surface area contributed by atoms with Crippen molar-refractivity contribution in [3.63, 3.8) is 0 Å². The lowest BCUT2D eigenvalue weighted by atomic mass is 10.1. The van der Waals surface area contributed by atoms with Crippen molar-refractivity contribution in [3.8, 4) is 0 Å². The minimum absolute atomic E-state index is 0.236. The van der Waals surface area contributed by atoms with Crippen LogP contribution in [0.1, 0.15) is 47.5 Å². The molecule has 0 aliphatic carbocycles. The van der Waals surface area contributed by atoms with E-state index >= 15 is 0 Å². The first kappa shape index (κ1) is 25.0. The van der Waals surface area contributed by atoms with Crippen LogP contribution in [0.25, 0.3) is 0 Å². The molecule has 0 aromatic heterocycles. The standard InChI is InChI=1S/C7H12N2O3.C6H12O.C4H10O/c8-7(10)3-4-9-11-5-1-2-6-12-9;1-5(2)4-6(3)7;1-4(2)3-5/h1-2H,3-6H2,(H2,8,10);5H,4H2,1-3H3;4-5H,3H2,1-2H3. The number of aliphatic hydroxyl groups is 1. The monoisotopic (exact) mass is 346 g/mol. The summed E-state index contributed by atoms with van der Waals surface area (Å²) in [7, 11) is 0. The van der Waals surface area contributed by atoms with Crippen LogP contribution >= 0.6 is 0 Å². The zero-order valence-electron chi connectivity index (χ0n) is 15.7. The van der Waals surface area contributed by atoms with Gasteiger partial charge in [-0.2, -0.15) is 0 Å². The highest BCUT2D eigenvalue weighted by Gasteiger charge is 2.08. The molecule has 0 aromatic rings. The van der Waals surface area contributed by atoms with Gasteiger partial charge >= 0.3 is 0 Å². The molecule has 1 amide bonds. The number of rotatable bonds is 6. The fourth-order valence-electron chi connectivity index (χ4n) is 1.33. The number of primary amides is 1. The maximum Gasteiger partial charge on any atom is 0.218 e. The van der Waals surface area contributed by atoms with Gasteiger partial charge in [0, 0.05) is 19.4 Å². The minimum Gasteiger partial charge on any atom is -0.396 e. The Hall–Kier alpha value is -1.28. The average molecular weight is 346 g/mol. The fraction of sp³-hybridized carbons (Fsp3) is 0.765. The molecule has 1 rings (SSSR count). The van der Waals surface area contributed by atoms with Gasteiger partial charge in [0.05, 0.1) is 19.8 Å². The second-order valence-corrected chi connectivity index (χ2v) is 6.21. The number of carbonyl (C=O) groups excluding carboxylic acids is 2. The zero-order chi connectivity index (χ0) is 19.0. The smallest absolute Gasteiger partial charge is 0.218 e. The fourth-order valence-corrected chi connectivity index (χ4v) is 1.33. The van der Waals surface area contributed by atoms with Gasteiger partial charge < -0.3 is 15.6 Å². The van der Waals surface area contributed by atoms with E-state index in [-0.39, 0.29) is 18.1 Å². The number of Topliss-reactive ketones (excluding diaryl/α,β-unsaturated/α-hetero) is 1. The Morgan fingerprint density at radius 2 is 1.58 bits per heavy atom. The number of hydroxylamine groups is 2. The molecular weight excluding hydrogens is 312 g/mol. The number of nitrogens with zero attached hydrogens (tertiary/aromatic N) is 1. The van der Waals surface area contributed by atoms with Crippen molar-refractivity contribution in [2.24, 2.45) is 17.6 Å². The Morgan fingerprint density at radius 1 is 1.12 bits per heavy atom. The van der Waals surface area contributed by atoms with Crippen LogP contribution in [-0.2, 0) is 19.3 Å². The molecule has 7 nitrogen and oxygen atoms in total. The minimum atomic E-state index is -0.362. The Labute approximate surface area is 145 Å². The molecular formula is C17H34N2O5. The summed E-state index contributed by atoms with van der Waals surface area (Å²) in [6.45, 7) is 11.3. The predicted molar refractivity (Wildman–Crippen MR) is 93.6 cm³/mol. The Bertz CT molecular complexity index is 347. The van der Waals surface area contributed by atoms with Crippen LogP contribution in [0.4, 0.5) is 0 Å². The molecule has 7 heteroatoms. The lowest BCUT2D eigenvalue weighted by Crippen LogP contribution is -2.28. The number of ketones is 1. The van der Waals surface area contributed by atoms with Gasteiger partial charge in [0.25, 0.3) is 0 Å². The number of nitrogens with two attached hydrogens (primary N) is 1. The maximum absolute atomic E-state index is 10.4. The lowest BCUT2D eigenvalue weighted by molar-refractivity contribution is -0.355. The van der Waals surface area contributed by atoms with Crippen molar-refractivity contribution in [1.82, 2.24) is 5.23 Å². The van der Waals surface area contributed by atoms with E-state index in [0.717, 1.165) is 6.42 Å². The van der Waals surface area contributed by atoms with Gasteiger partial charge in [0.1, 0.15) is 5.78 Å². The highest BCUT2D eigenvalue weighted by atomic mass is 16.9. The normalized spacial score (nSPS) is 14.3. The van der Waals surface area contributed by atoms with Crippen LogP contribution in [0.15, 0.2) is 12.2 Å². The molecule has 0 atom stereocenters. The lowest BCUT2D eigenvalue weighted by Gasteiger charge is -2.16. The summed E-state index contributed by atoms with van der Waals surface area (Å²) in [5.74, 6) is 0.891. The predicted octanol–water partition coefficient (Wildman–Crippen LogP) is 1.85. The van der Waals surface area contributed by atoms with Crippen LogP contribution in [0.5, 0.6) is 0 Å². The average Bonchev–Trinajstić information content (AvgIpc) is 2.73. The largest absolute Gasteiger partial charge is 0.396 e. The van der Waals surface area contributed by atoms with Gasteiger partial charge in [-0.3, -0.25) is 14.5 Å². The highest BCUT2D eigenvalue weighted by Crippen LogP contribution is 1.99. The molecule has 142 valence electrons. The van der Waals surface area contributed by atoms with Crippen LogP contribution in [-0.4, -0.2) is 48.4 Å². The van der Waals surface area contributed by atoms with Gasteiger partial charge in [-0.1, -0.05) is 45.1 Å². The summed E-state index contributed by atoms with van der Waals surface area (Å²) in [4.78, 5) is 30.8. The number of carbonyl (C=O) groups is 2. The third kappa shape index (κ3) is 23.0. The summed E-state index contributed by atoms with van der Waals surface area (Å²) in [5, 5.41) is 9.43. The van der Waals surface area contributed by atoms with Crippen LogP contribution in [0.2, 0.25) is 0 Å². The molecule has 0 saturated heterocycles. The third-order valence-corrected chi connectivity index (χ3v) is 2.40. The number of amides is 1. The quantitative estimate of drug-likeness (QED) is 0.712. The highest BCUT2D eigenvalue weighted by molar-refractivity contribution is 5.75. The van der Waals surface area contributed by atoms with Crippen molar-refractivity contribution in [3.05, 3.63) is 12.2 Å². The summed E-state index contributed by atoms with van der Waals surface area (Å²) in [6, 6.07) is 0.